The van der Waals surface area contributed by atoms with Crippen molar-refractivity contribution in [2.75, 3.05) is 0 Å². The van der Waals surface area contributed by atoms with Crippen LogP contribution < -0.4 is 5.73 Å². The highest BCUT2D eigenvalue weighted by Crippen LogP contribution is 2.04. The summed E-state index contributed by atoms with van der Waals surface area (Å²) in [4.78, 5) is 10.6. The van der Waals surface area contributed by atoms with E-state index >= 15 is 0 Å². The molecule has 1 amide bonds. The standard InChI is InChI=1S/C11H15NO2/c1-9(7-11(12)13)14-8-10-5-3-2-4-6-10/h2-6,9H,7-8H2,1H3,(H2,12,13)/t9-/m1/s1. The normalized spacial score (nSPS) is 12.4. The highest BCUT2D eigenvalue weighted by molar-refractivity contribution is 5.74. The number of hydrogen-bond acceptors (Lipinski definition) is 2. The third-order valence-corrected chi connectivity index (χ3v) is 1.87. The van der Waals surface area contributed by atoms with Crippen LogP contribution in [-0.4, -0.2) is 12.0 Å². The van der Waals surface area contributed by atoms with Crippen molar-refractivity contribution < 1.29 is 9.53 Å². The van der Waals surface area contributed by atoms with Crippen molar-refractivity contribution in [1.82, 2.24) is 0 Å². The van der Waals surface area contributed by atoms with E-state index in [2.05, 4.69) is 0 Å². The van der Waals surface area contributed by atoms with Crippen molar-refractivity contribution >= 4 is 5.91 Å². The molecular weight excluding hydrogens is 178 g/mol. The lowest BCUT2D eigenvalue weighted by atomic mass is 10.2. The zero-order valence-corrected chi connectivity index (χ0v) is 8.27. The monoisotopic (exact) mass is 193 g/mol. The van der Waals surface area contributed by atoms with Gasteiger partial charge in [0.2, 0.25) is 5.91 Å². The van der Waals surface area contributed by atoms with Crippen molar-refractivity contribution in [1.29, 1.82) is 0 Å². The number of rotatable bonds is 5. The molecule has 0 heterocycles. The van der Waals surface area contributed by atoms with Gasteiger partial charge in [-0.15, -0.1) is 0 Å². The van der Waals surface area contributed by atoms with E-state index in [4.69, 9.17) is 10.5 Å². The Labute approximate surface area is 83.9 Å². The van der Waals surface area contributed by atoms with Crippen molar-refractivity contribution in [3.05, 3.63) is 35.9 Å². The predicted molar refractivity (Wildman–Crippen MR) is 54.5 cm³/mol. The lowest BCUT2D eigenvalue weighted by Crippen LogP contribution is -2.20. The van der Waals surface area contributed by atoms with E-state index in [0.717, 1.165) is 5.56 Å². The van der Waals surface area contributed by atoms with Crippen molar-refractivity contribution in [3.8, 4) is 0 Å². The number of benzene rings is 1. The van der Waals surface area contributed by atoms with Gasteiger partial charge < -0.3 is 10.5 Å². The lowest BCUT2D eigenvalue weighted by molar-refractivity contribution is -0.120. The number of hydrogen-bond donors (Lipinski definition) is 1. The topological polar surface area (TPSA) is 52.3 Å². The molecule has 1 aromatic rings. The third-order valence-electron chi connectivity index (χ3n) is 1.87. The summed E-state index contributed by atoms with van der Waals surface area (Å²) in [5, 5.41) is 0. The van der Waals surface area contributed by atoms with Gasteiger partial charge in [0, 0.05) is 0 Å². The molecule has 0 radical (unpaired) electrons. The lowest BCUT2D eigenvalue weighted by Gasteiger charge is -2.10. The highest BCUT2D eigenvalue weighted by atomic mass is 16.5. The van der Waals surface area contributed by atoms with Crippen LogP contribution in [0.15, 0.2) is 30.3 Å². The molecule has 0 bridgehead atoms. The smallest absolute Gasteiger partial charge is 0.220 e. The summed E-state index contributed by atoms with van der Waals surface area (Å²) in [6.07, 6.45) is 0.153. The van der Waals surface area contributed by atoms with Crippen LogP contribution in [-0.2, 0) is 16.1 Å². The van der Waals surface area contributed by atoms with Crippen LogP contribution in [0.5, 0.6) is 0 Å². The number of primary amides is 1. The Bertz CT molecular complexity index is 285. The van der Waals surface area contributed by atoms with Crippen LogP contribution >= 0.6 is 0 Å². The molecule has 76 valence electrons. The second-order valence-corrected chi connectivity index (χ2v) is 3.28. The second kappa shape index (κ2) is 5.40. The van der Waals surface area contributed by atoms with E-state index in [1.807, 2.05) is 37.3 Å². The Morgan fingerprint density at radius 2 is 2.07 bits per heavy atom. The van der Waals surface area contributed by atoms with Gasteiger partial charge >= 0.3 is 0 Å². The molecule has 0 spiro atoms. The minimum absolute atomic E-state index is 0.118. The number of nitrogens with two attached hydrogens (primary N) is 1. The van der Waals surface area contributed by atoms with E-state index in [1.54, 1.807) is 0 Å². The molecule has 0 fully saturated rings. The molecule has 1 atom stereocenters. The first-order chi connectivity index (χ1) is 6.68. The van der Waals surface area contributed by atoms with Gasteiger partial charge in [-0.3, -0.25) is 4.79 Å². The summed E-state index contributed by atoms with van der Waals surface area (Å²) in [6, 6.07) is 9.83. The van der Waals surface area contributed by atoms with Crippen LogP contribution in [0, 0.1) is 0 Å². The summed E-state index contributed by atoms with van der Waals surface area (Å²) in [5.74, 6) is -0.328. The number of carbonyl (C=O) groups excluding carboxylic acids is 1. The fraction of sp³-hybridized carbons (Fsp3) is 0.364. The minimum atomic E-state index is -0.328. The summed E-state index contributed by atoms with van der Waals surface area (Å²) in [5.41, 5.74) is 6.14. The Morgan fingerprint density at radius 1 is 1.43 bits per heavy atom. The van der Waals surface area contributed by atoms with E-state index in [-0.39, 0.29) is 18.4 Å². The molecule has 0 aromatic heterocycles. The van der Waals surface area contributed by atoms with Gasteiger partial charge in [0.15, 0.2) is 0 Å². The quantitative estimate of drug-likeness (QED) is 0.769. The van der Waals surface area contributed by atoms with E-state index in [9.17, 15) is 4.79 Å². The van der Waals surface area contributed by atoms with Crippen molar-refractivity contribution in [3.63, 3.8) is 0 Å². The first-order valence-electron chi connectivity index (χ1n) is 4.62. The van der Waals surface area contributed by atoms with E-state index in [0.29, 0.717) is 6.61 Å². The van der Waals surface area contributed by atoms with Crippen molar-refractivity contribution in [2.45, 2.75) is 26.1 Å². The van der Waals surface area contributed by atoms with Gasteiger partial charge in [-0.05, 0) is 12.5 Å². The van der Waals surface area contributed by atoms with Gasteiger partial charge in [0.05, 0.1) is 19.1 Å². The van der Waals surface area contributed by atoms with Crippen LogP contribution in [0.4, 0.5) is 0 Å². The summed E-state index contributed by atoms with van der Waals surface area (Å²) < 4.78 is 5.44. The van der Waals surface area contributed by atoms with Gasteiger partial charge in [-0.1, -0.05) is 30.3 Å². The molecule has 0 aliphatic carbocycles. The van der Waals surface area contributed by atoms with Crippen LogP contribution in [0.3, 0.4) is 0 Å². The fourth-order valence-corrected chi connectivity index (χ4v) is 1.15. The van der Waals surface area contributed by atoms with Crippen LogP contribution in [0.1, 0.15) is 18.9 Å². The summed E-state index contributed by atoms with van der Waals surface area (Å²) in [7, 11) is 0. The SMILES string of the molecule is C[C@H](CC(N)=O)OCc1ccccc1. The summed E-state index contributed by atoms with van der Waals surface area (Å²) >= 11 is 0. The van der Waals surface area contributed by atoms with Crippen LogP contribution in [0.25, 0.3) is 0 Å². The zero-order valence-electron chi connectivity index (χ0n) is 8.27. The molecule has 0 aliphatic heterocycles. The summed E-state index contributed by atoms with van der Waals surface area (Å²) in [6.45, 7) is 2.36. The Kier molecular flexibility index (Phi) is 4.13. The average molecular weight is 193 g/mol. The molecule has 0 aliphatic rings. The maximum absolute atomic E-state index is 10.6. The van der Waals surface area contributed by atoms with Crippen LogP contribution in [0.2, 0.25) is 0 Å². The van der Waals surface area contributed by atoms with E-state index in [1.165, 1.54) is 0 Å². The number of amides is 1. The van der Waals surface area contributed by atoms with Gasteiger partial charge in [-0.2, -0.15) is 0 Å². The van der Waals surface area contributed by atoms with E-state index < -0.39 is 0 Å². The molecule has 14 heavy (non-hydrogen) atoms. The molecule has 0 saturated heterocycles. The molecule has 1 rings (SSSR count). The highest BCUT2D eigenvalue weighted by Gasteiger charge is 2.05. The maximum atomic E-state index is 10.6. The molecule has 1 aromatic carbocycles. The average Bonchev–Trinajstić information content (AvgIpc) is 2.15. The Morgan fingerprint density at radius 3 is 2.64 bits per heavy atom. The zero-order chi connectivity index (χ0) is 10.4. The molecule has 0 saturated carbocycles. The number of ether oxygens (including phenoxy) is 1. The maximum Gasteiger partial charge on any atom is 0.220 e. The Balaban J connectivity index is 2.30. The molecule has 0 unspecified atom stereocenters. The van der Waals surface area contributed by atoms with Crippen molar-refractivity contribution in [2.24, 2.45) is 5.73 Å². The largest absolute Gasteiger partial charge is 0.373 e. The molecular formula is C11H15NO2. The molecule has 3 heteroatoms. The number of carbonyl (C=O) groups is 1. The Hall–Kier alpha value is -1.35. The van der Waals surface area contributed by atoms with Gasteiger partial charge in [0.25, 0.3) is 0 Å². The first kappa shape index (κ1) is 10.7. The molecule has 2 N–H and O–H groups in total. The fourth-order valence-electron chi connectivity index (χ4n) is 1.15. The van der Waals surface area contributed by atoms with Gasteiger partial charge in [0.1, 0.15) is 0 Å². The predicted octanol–water partition coefficient (Wildman–Crippen LogP) is 1.47. The molecule has 3 nitrogen and oxygen atoms in total. The minimum Gasteiger partial charge on any atom is -0.373 e. The first-order valence-corrected chi connectivity index (χ1v) is 4.62. The third kappa shape index (κ3) is 4.05. The second-order valence-electron chi connectivity index (χ2n) is 3.28. The van der Waals surface area contributed by atoms with Gasteiger partial charge in [-0.25, -0.2) is 0 Å².